The van der Waals surface area contributed by atoms with Crippen LogP contribution in [-0.2, 0) is 9.59 Å². The molecular weight excluding hydrogens is 432 g/mol. The Morgan fingerprint density at radius 1 is 1.22 bits per heavy atom. The molecule has 0 bridgehead atoms. The van der Waals surface area contributed by atoms with Crippen LogP contribution in [0.2, 0.25) is 5.02 Å². The number of aromatic nitrogens is 1. The van der Waals surface area contributed by atoms with E-state index in [9.17, 15) is 19.7 Å². The van der Waals surface area contributed by atoms with Crippen molar-refractivity contribution in [2.45, 2.75) is 39.0 Å². The maximum absolute atomic E-state index is 13.4. The third-order valence-corrected chi connectivity index (χ3v) is 6.10. The van der Waals surface area contributed by atoms with Crippen molar-refractivity contribution < 1.29 is 14.5 Å². The number of halogens is 1. The fourth-order valence-corrected chi connectivity index (χ4v) is 4.57. The number of rotatable bonds is 4. The minimum Gasteiger partial charge on any atom is -0.310 e. The molecule has 0 spiro atoms. The van der Waals surface area contributed by atoms with Gasteiger partial charge in [-0.25, -0.2) is 4.98 Å². The Morgan fingerprint density at radius 2 is 2.00 bits per heavy atom. The van der Waals surface area contributed by atoms with Gasteiger partial charge in [0.15, 0.2) is 5.78 Å². The molecule has 1 aliphatic carbocycles. The Kier molecular flexibility index (Phi) is 5.88. The molecular formula is C23H21ClN4O4. The number of nitro groups is 1. The summed E-state index contributed by atoms with van der Waals surface area (Å²) in [6.45, 7) is 3.56. The zero-order valence-corrected chi connectivity index (χ0v) is 18.3. The van der Waals surface area contributed by atoms with Crippen LogP contribution in [0.15, 0.2) is 52.7 Å². The number of Topliss-reactive ketones (excluding diaryl/α,β-unsaturated/α-hetero) is 1. The third-order valence-electron chi connectivity index (χ3n) is 5.78. The number of carbonyl (C=O) groups is 2. The molecule has 2 aliphatic rings. The minimum atomic E-state index is -0.820. The fourth-order valence-electron chi connectivity index (χ4n) is 4.39. The number of hydrogen-bond acceptors (Lipinski definition) is 6. The number of nitrogens with one attached hydrogen (secondary N) is 1. The second kappa shape index (κ2) is 8.63. The van der Waals surface area contributed by atoms with Gasteiger partial charge >= 0.3 is 0 Å². The highest BCUT2D eigenvalue weighted by Gasteiger charge is 2.43. The van der Waals surface area contributed by atoms with E-state index in [0.717, 1.165) is 5.69 Å². The van der Waals surface area contributed by atoms with Crippen LogP contribution in [0.1, 0.15) is 43.4 Å². The van der Waals surface area contributed by atoms with Crippen LogP contribution in [-0.4, -0.2) is 27.3 Å². The Hall–Kier alpha value is -3.39. The van der Waals surface area contributed by atoms with Gasteiger partial charge in [0, 0.05) is 41.1 Å². The van der Waals surface area contributed by atoms with Gasteiger partial charge in [0.05, 0.1) is 10.8 Å². The molecule has 1 aromatic heterocycles. The molecule has 32 heavy (non-hydrogen) atoms. The smallest absolute Gasteiger partial charge is 0.288 e. The van der Waals surface area contributed by atoms with Crippen molar-refractivity contribution in [1.29, 1.82) is 0 Å². The largest absolute Gasteiger partial charge is 0.310 e. The Labute approximate surface area is 189 Å². The van der Waals surface area contributed by atoms with Crippen LogP contribution in [0.4, 0.5) is 11.5 Å². The summed E-state index contributed by atoms with van der Waals surface area (Å²) in [4.78, 5) is 46.2. The summed E-state index contributed by atoms with van der Waals surface area (Å²) in [6.07, 6.45) is 1.66. The van der Waals surface area contributed by atoms with E-state index in [1.54, 1.807) is 25.1 Å². The number of amides is 1. The lowest BCUT2D eigenvalue weighted by Gasteiger charge is -2.34. The molecule has 1 unspecified atom stereocenters. The summed E-state index contributed by atoms with van der Waals surface area (Å²) in [7, 11) is 0. The zero-order chi connectivity index (χ0) is 23.0. The van der Waals surface area contributed by atoms with Crippen LogP contribution in [0.3, 0.4) is 0 Å². The van der Waals surface area contributed by atoms with Crippen molar-refractivity contribution in [2.24, 2.45) is 10.9 Å². The average molecular weight is 453 g/mol. The number of ketones is 1. The third kappa shape index (κ3) is 4.05. The predicted octanol–water partition coefficient (Wildman–Crippen LogP) is 4.77. The summed E-state index contributed by atoms with van der Waals surface area (Å²) < 4.78 is 0. The number of anilines is 1. The first-order chi connectivity index (χ1) is 15.3. The zero-order valence-electron chi connectivity index (χ0n) is 17.6. The standard InChI is InChI=1S/C23H21ClN4O4/c1-12-5-3-8-19(25-12)27-23(30)20-13(2)26-16-6-4-7-18(29)22(16)21(20)14-9-10-15(24)17(11-14)28(31)32/h3,5,8-11,20-21H,4,6-7H2,1-2H3,(H,25,27,30)/t20?,21-/m0/s1. The summed E-state index contributed by atoms with van der Waals surface area (Å²) in [5.74, 6) is -1.60. The SMILES string of the molecule is CC1=NC2=C(C(=O)CCC2)[C@@H](c2ccc(Cl)c([N+](=O)[O-])c2)C1C(=O)Nc1cccc(C)n1. The number of allylic oxidation sites excluding steroid dienone is 2. The summed E-state index contributed by atoms with van der Waals surface area (Å²) in [5, 5.41) is 14.3. The maximum atomic E-state index is 13.4. The van der Waals surface area contributed by atoms with Gasteiger partial charge in [-0.05, 0) is 50.5 Å². The molecule has 1 N–H and O–H groups in total. The number of pyridine rings is 1. The number of hydrogen-bond donors (Lipinski definition) is 1. The van der Waals surface area contributed by atoms with Crippen molar-refractivity contribution in [3.8, 4) is 0 Å². The number of nitrogens with zero attached hydrogens (tertiary/aromatic N) is 3. The van der Waals surface area contributed by atoms with Crippen molar-refractivity contribution in [1.82, 2.24) is 4.98 Å². The van der Waals surface area contributed by atoms with Crippen LogP contribution < -0.4 is 5.32 Å². The molecule has 164 valence electrons. The molecule has 1 aromatic carbocycles. The van der Waals surface area contributed by atoms with E-state index < -0.39 is 16.8 Å². The molecule has 8 nitrogen and oxygen atoms in total. The first-order valence-electron chi connectivity index (χ1n) is 10.3. The molecule has 1 aliphatic heterocycles. The number of carbonyl (C=O) groups excluding carboxylic acids is 2. The number of benzene rings is 1. The number of aryl methyl sites for hydroxylation is 1. The van der Waals surface area contributed by atoms with E-state index in [2.05, 4.69) is 15.3 Å². The van der Waals surface area contributed by atoms with Crippen molar-refractivity contribution in [3.05, 3.63) is 74.1 Å². The van der Waals surface area contributed by atoms with Gasteiger partial charge in [0.1, 0.15) is 10.8 Å². The monoisotopic (exact) mass is 452 g/mol. The predicted molar refractivity (Wildman–Crippen MR) is 121 cm³/mol. The molecule has 2 aromatic rings. The maximum Gasteiger partial charge on any atom is 0.288 e. The molecule has 9 heteroatoms. The molecule has 0 saturated carbocycles. The molecule has 4 rings (SSSR count). The second-order valence-corrected chi connectivity index (χ2v) is 8.37. The first kappa shape index (κ1) is 21.8. The van der Waals surface area contributed by atoms with Gasteiger partial charge in [-0.3, -0.25) is 24.7 Å². The normalized spacial score (nSPS) is 20.5. The van der Waals surface area contributed by atoms with E-state index in [4.69, 9.17) is 11.6 Å². The van der Waals surface area contributed by atoms with E-state index >= 15 is 0 Å². The van der Waals surface area contributed by atoms with Crippen molar-refractivity contribution >= 4 is 40.5 Å². The van der Waals surface area contributed by atoms with E-state index in [-0.39, 0.29) is 22.4 Å². The molecule has 0 radical (unpaired) electrons. The van der Waals surface area contributed by atoms with Gasteiger partial charge in [0.25, 0.3) is 5.69 Å². The van der Waals surface area contributed by atoms with Crippen LogP contribution in [0, 0.1) is 23.0 Å². The Bertz CT molecular complexity index is 1200. The number of aliphatic imine (C=N–C) groups is 1. The topological polar surface area (TPSA) is 115 Å². The molecule has 2 heterocycles. The van der Waals surface area contributed by atoms with Gasteiger partial charge in [-0.1, -0.05) is 23.7 Å². The highest BCUT2D eigenvalue weighted by Crippen LogP contribution is 2.44. The van der Waals surface area contributed by atoms with Gasteiger partial charge in [0.2, 0.25) is 5.91 Å². The highest BCUT2D eigenvalue weighted by atomic mass is 35.5. The summed E-state index contributed by atoms with van der Waals surface area (Å²) in [5.41, 5.74) is 2.61. The molecule has 0 fully saturated rings. The summed E-state index contributed by atoms with van der Waals surface area (Å²) in [6, 6.07) is 9.70. The van der Waals surface area contributed by atoms with Crippen molar-refractivity contribution in [3.63, 3.8) is 0 Å². The lowest BCUT2D eigenvalue weighted by molar-refractivity contribution is -0.384. The molecule has 1 amide bonds. The van der Waals surface area contributed by atoms with E-state index in [0.29, 0.717) is 47.6 Å². The fraction of sp³-hybridized carbons (Fsp3) is 0.304. The average Bonchev–Trinajstić information content (AvgIpc) is 2.73. The van der Waals surface area contributed by atoms with Crippen LogP contribution in [0.5, 0.6) is 0 Å². The Balaban J connectivity index is 1.82. The van der Waals surface area contributed by atoms with E-state index in [1.807, 2.05) is 13.0 Å². The number of nitro benzene ring substituents is 1. The van der Waals surface area contributed by atoms with Gasteiger partial charge < -0.3 is 5.32 Å². The molecule has 2 atom stereocenters. The summed E-state index contributed by atoms with van der Waals surface area (Å²) >= 11 is 6.01. The first-order valence-corrected chi connectivity index (χ1v) is 10.6. The minimum absolute atomic E-state index is 0.00548. The highest BCUT2D eigenvalue weighted by molar-refractivity contribution is 6.32. The second-order valence-electron chi connectivity index (χ2n) is 7.97. The lowest BCUT2D eigenvalue weighted by atomic mass is 9.71. The van der Waals surface area contributed by atoms with Crippen LogP contribution in [0.25, 0.3) is 0 Å². The quantitative estimate of drug-likeness (QED) is 0.530. The molecule has 0 saturated heterocycles. The Morgan fingerprint density at radius 3 is 2.72 bits per heavy atom. The van der Waals surface area contributed by atoms with Crippen LogP contribution >= 0.6 is 11.6 Å². The van der Waals surface area contributed by atoms with Crippen molar-refractivity contribution in [2.75, 3.05) is 5.32 Å². The van der Waals surface area contributed by atoms with Gasteiger partial charge in [-0.15, -0.1) is 0 Å². The lowest BCUT2D eigenvalue weighted by Crippen LogP contribution is -2.39. The van der Waals surface area contributed by atoms with E-state index in [1.165, 1.54) is 12.1 Å². The van der Waals surface area contributed by atoms with Gasteiger partial charge in [-0.2, -0.15) is 0 Å².